The van der Waals surface area contributed by atoms with Gasteiger partial charge in [0.25, 0.3) is 0 Å². The Balaban J connectivity index is 1.72. The summed E-state index contributed by atoms with van der Waals surface area (Å²) in [7, 11) is -7.48. The van der Waals surface area contributed by atoms with E-state index in [-0.39, 0.29) is 38.8 Å². The van der Waals surface area contributed by atoms with Crippen LogP contribution in [0.25, 0.3) is 0 Å². The summed E-state index contributed by atoms with van der Waals surface area (Å²) in [5.74, 6) is 0. The van der Waals surface area contributed by atoms with Crippen LogP contribution in [-0.4, -0.2) is 40.3 Å². The van der Waals surface area contributed by atoms with Gasteiger partial charge in [0, 0.05) is 24.2 Å². The van der Waals surface area contributed by atoms with E-state index in [1.54, 1.807) is 11.4 Å². The van der Waals surface area contributed by atoms with Gasteiger partial charge in [-0.2, -0.15) is 9.57 Å². The topological polar surface area (TPSA) is 107 Å². The largest absolute Gasteiger partial charge is 0.250 e. The van der Waals surface area contributed by atoms with E-state index in [2.05, 4.69) is 4.72 Å². The molecule has 1 saturated heterocycles. The minimum absolute atomic E-state index is 0.0277. The standard InChI is InChI=1S/C16H16ClN3O4S3/c17-13-4-3-12(11-18)15(10-13)27(23,24)20-7-5-14(6-8-20)19-26(21,22)16-2-1-9-25-16/h1-4,9-10,14,19H,5-8H2. The second-order valence-electron chi connectivity index (χ2n) is 5.98. The van der Waals surface area contributed by atoms with Gasteiger partial charge in [-0.3, -0.25) is 0 Å². The molecule has 2 aromatic rings. The molecule has 0 radical (unpaired) electrons. The summed E-state index contributed by atoms with van der Waals surface area (Å²) in [6.45, 7) is 0.300. The van der Waals surface area contributed by atoms with Gasteiger partial charge >= 0.3 is 0 Å². The highest BCUT2D eigenvalue weighted by Crippen LogP contribution is 2.27. The number of thiophene rings is 1. The number of sulfonamides is 2. The first-order valence-corrected chi connectivity index (χ1v) is 12.2. The highest BCUT2D eigenvalue weighted by Gasteiger charge is 2.33. The molecule has 0 spiro atoms. The second-order valence-corrected chi connectivity index (χ2v) is 11.2. The molecule has 1 aromatic carbocycles. The highest BCUT2D eigenvalue weighted by atomic mass is 35.5. The molecule has 2 heterocycles. The van der Waals surface area contributed by atoms with E-state index in [1.165, 1.54) is 28.6 Å². The molecule has 0 bridgehead atoms. The maximum absolute atomic E-state index is 12.9. The maximum Gasteiger partial charge on any atom is 0.250 e. The molecule has 0 saturated carbocycles. The summed E-state index contributed by atoms with van der Waals surface area (Å²) in [5.41, 5.74) is 0.0277. The Bertz CT molecular complexity index is 1070. The Kier molecular flexibility index (Phi) is 5.90. The van der Waals surface area contributed by atoms with E-state index in [1.807, 2.05) is 6.07 Å². The van der Waals surface area contributed by atoms with E-state index in [0.717, 1.165) is 11.3 Å². The molecule has 1 aliphatic heterocycles. The van der Waals surface area contributed by atoms with Crippen LogP contribution in [0.3, 0.4) is 0 Å². The van der Waals surface area contributed by atoms with E-state index in [4.69, 9.17) is 11.6 Å². The molecule has 3 rings (SSSR count). The van der Waals surface area contributed by atoms with E-state index in [0.29, 0.717) is 12.8 Å². The monoisotopic (exact) mass is 445 g/mol. The summed E-state index contributed by atoms with van der Waals surface area (Å²) in [5, 5.41) is 11.1. The minimum Gasteiger partial charge on any atom is -0.207 e. The molecule has 0 amide bonds. The summed E-state index contributed by atoms with van der Waals surface area (Å²) < 4.78 is 54.5. The number of hydrogen-bond acceptors (Lipinski definition) is 6. The van der Waals surface area contributed by atoms with E-state index in [9.17, 15) is 22.1 Å². The second kappa shape index (κ2) is 7.87. The number of nitrogens with one attached hydrogen (secondary N) is 1. The van der Waals surface area contributed by atoms with Crippen LogP contribution in [0.5, 0.6) is 0 Å². The molecule has 7 nitrogen and oxygen atoms in total. The molecule has 27 heavy (non-hydrogen) atoms. The number of halogens is 1. The molecule has 1 fully saturated rings. The van der Waals surface area contributed by atoms with Crippen molar-refractivity contribution in [3.63, 3.8) is 0 Å². The molecule has 0 atom stereocenters. The molecule has 0 unspecified atom stereocenters. The van der Waals surface area contributed by atoms with Crippen molar-refractivity contribution in [2.24, 2.45) is 0 Å². The first-order valence-electron chi connectivity index (χ1n) is 8.00. The third-order valence-electron chi connectivity index (χ3n) is 4.22. The van der Waals surface area contributed by atoms with Gasteiger partial charge < -0.3 is 0 Å². The van der Waals surface area contributed by atoms with Crippen molar-refractivity contribution in [2.75, 3.05) is 13.1 Å². The van der Waals surface area contributed by atoms with Gasteiger partial charge in [0.1, 0.15) is 15.2 Å². The lowest BCUT2D eigenvalue weighted by atomic mass is 10.1. The Morgan fingerprint density at radius 1 is 1.19 bits per heavy atom. The number of hydrogen-bond donors (Lipinski definition) is 1. The van der Waals surface area contributed by atoms with Crippen molar-refractivity contribution < 1.29 is 16.8 Å². The van der Waals surface area contributed by atoms with Crippen molar-refractivity contribution in [3.05, 3.63) is 46.3 Å². The van der Waals surface area contributed by atoms with Crippen LogP contribution in [0.15, 0.2) is 44.8 Å². The van der Waals surface area contributed by atoms with Crippen molar-refractivity contribution in [1.82, 2.24) is 9.03 Å². The Morgan fingerprint density at radius 2 is 1.89 bits per heavy atom. The lowest BCUT2D eigenvalue weighted by Crippen LogP contribution is -2.46. The summed E-state index contributed by atoms with van der Waals surface area (Å²) in [6.07, 6.45) is 0.679. The Hall–Kier alpha value is -1.48. The lowest BCUT2D eigenvalue weighted by Gasteiger charge is -2.31. The highest BCUT2D eigenvalue weighted by molar-refractivity contribution is 7.91. The molecule has 11 heteroatoms. The third kappa shape index (κ3) is 4.34. The molecule has 1 aromatic heterocycles. The smallest absolute Gasteiger partial charge is 0.207 e. The molecule has 144 valence electrons. The number of benzene rings is 1. The molecular formula is C16H16ClN3O4S3. The van der Waals surface area contributed by atoms with Gasteiger partial charge in [-0.15, -0.1) is 11.3 Å². The number of rotatable bonds is 5. The fraction of sp³-hybridized carbons (Fsp3) is 0.312. The van der Waals surface area contributed by atoms with E-state index < -0.39 is 20.0 Å². The SMILES string of the molecule is N#Cc1ccc(Cl)cc1S(=O)(=O)N1CCC(NS(=O)(=O)c2cccs2)CC1. The summed E-state index contributed by atoms with van der Waals surface area (Å²) >= 11 is 7.02. The van der Waals surface area contributed by atoms with Gasteiger partial charge in [-0.25, -0.2) is 21.6 Å². The van der Waals surface area contributed by atoms with Crippen molar-refractivity contribution in [1.29, 1.82) is 5.26 Å². The minimum atomic E-state index is -3.89. The van der Waals surface area contributed by atoms with Gasteiger partial charge in [0.05, 0.1) is 5.56 Å². The molecule has 1 N–H and O–H groups in total. The van der Waals surface area contributed by atoms with Gasteiger partial charge in [-0.1, -0.05) is 17.7 Å². The molecule has 0 aliphatic carbocycles. The average molecular weight is 446 g/mol. The summed E-state index contributed by atoms with van der Waals surface area (Å²) in [6, 6.07) is 8.80. The Labute approximate surface area is 167 Å². The van der Waals surface area contributed by atoms with E-state index >= 15 is 0 Å². The zero-order chi connectivity index (χ0) is 19.7. The summed E-state index contributed by atoms with van der Waals surface area (Å²) in [4.78, 5) is -0.130. The zero-order valence-corrected chi connectivity index (χ0v) is 17.2. The fourth-order valence-electron chi connectivity index (χ4n) is 2.85. The van der Waals surface area contributed by atoms with Crippen LogP contribution in [0.1, 0.15) is 18.4 Å². The Morgan fingerprint density at radius 3 is 2.48 bits per heavy atom. The van der Waals surface area contributed by atoms with Crippen molar-refractivity contribution in [3.8, 4) is 6.07 Å². The number of nitrogens with zero attached hydrogens (tertiary/aromatic N) is 2. The zero-order valence-electron chi connectivity index (χ0n) is 14.0. The predicted octanol–water partition coefficient (Wildman–Crippen LogP) is 2.40. The third-order valence-corrected chi connectivity index (χ3v) is 9.31. The first kappa shape index (κ1) is 20.3. The maximum atomic E-state index is 12.9. The number of nitriles is 1. The predicted molar refractivity (Wildman–Crippen MR) is 103 cm³/mol. The van der Waals surface area contributed by atoms with Crippen molar-refractivity contribution in [2.45, 2.75) is 28.0 Å². The van der Waals surface area contributed by atoms with Crippen LogP contribution in [0.2, 0.25) is 5.02 Å². The van der Waals surface area contributed by atoms with Gasteiger partial charge in [0.15, 0.2) is 0 Å². The average Bonchev–Trinajstić information content (AvgIpc) is 3.17. The van der Waals surface area contributed by atoms with Crippen molar-refractivity contribution >= 4 is 43.0 Å². The van der Waals surface area contributed by atoms with Gasteiger partial charge in [-0.05, 0) is 42.5 Å². The van der Waals surface area contributed by atoms with Crippen LogP contribution in [0.4, 0.5) is 0 Å². The number of piperidine rings is 1. The van der Waals surface area contributed by atoms with Crippen LogP contribution < -0.4 is 4.72 Å². The van der Waals surface area contributed by atoms with Crippen LogP contribution in [-0.2, 0) is 20.0 Å². The van der Waals surface area contributed by atoms with Crippen LogP contribution >= 0.6 is 22.9 Å². The first-order chi connectivity index (χ1) is 12.7. The molecule has 1 aliphatic rings. The van der Waals surface area contributed by atoms with Gasteiger partial charge in [0.2, 0.25) is 20.0 Å². The quantitative estimate of drug-likeness (QED) is 0.760. The lowest BCUT2D eigenvalue weighted by molar-refractivity contribution is 0.308. The molecular weight excluding hydrogens is 430 g/mol. The van der Waals surface area contributed by atoms with Crippen LogP contribution in [0, 0.1) is 11.3 Å². The normalized spacial score (nSPS) is 16.9. The fourth-order valence-corrected chi connectivity index (χ4v) is 7.04.